The molecule has 0 heterocycles. The summed E-state index contributed by atoms with van der Waals surface area (Å²) in [7, 11) is -1.16. The van der Waals surface area contributed by atoms with Crippen LogP contribution in [0.3, 0.4) is 0 Å². The first kappa shape index (κ1) is 23.0. The quantitative estimate of drug-likeness (QED) is 0.329. The molecule has 1 unspecified atom stereocenters. The highest BCUT2D eigenvalue weighted by molar-refractivity contribution is 7.84. The highest BCUT2D eigenvalue weighted by atomic mass is 32.2. The SMILES string of the molecule is CCCCC[C@H](O)/C=C/[C@H]1[C@H](O)CC(=O)[C@@H]1CCS(=O)CCCC(=O)O. The Kier molecular flexibility index (Phi) is 10.9. The van der Waals surface area contributed by atoms with Crippen molar-refractivity contribution in [3.63, 3.8) is 0 Å². The second-order valence-electron chi connectivity index (χ2n) is 7.00. The van der Waals surface area contributed by atoms with E-state index in [0.717, 1.165) is 19.3 Å². The van der Waals surface area contributed by atoms with Crippen LogP contribution >= 0.6 is 0 Å². The third-order valence-corrected chi connectivity index (χ3v) is 6.25. The fraction of sp³-hybridized carbons (Fsp3) is 0.789. The molecule has 0 aliphatic heterocycles. The van der Waals surface area contributed by atoms with E-state index in [2.05, 4.69) is 6.92 Å². The van der Waals surface area contributed by atoms with E-state index in [-0.39, 0.29) is 30.5 Å². The monoisotopic (exact) mass is 388 g/mol. The number of carboxylic acid groups (broad SMARTS) is 1. The van der Waals surface area contributed by atoms with Gasteiger partial charge in [0, 0.05) is 47.0 Å². The van der Waals surface area contributed by atoms with Gasteiger partial charge < -0.3 is 15.3 Å². The number of aliphatic hydroxyl groups excluding tert-OH is 2. The van der Waals surface area contributed by atoms with Crippen molar-refractivity contribution in [2.24, 2.45) is 11.8 Å². The maximum Gasteiger partial charge on any atom is 0.303 e. The number of carbonyl (C=O) groups excluding carboxylic acids is 1. The normalized spacial score (nSPS) is 25.7. The van der Waals surface area contributed by atoms with Crippen molar-refractivity contribution >= 4 is 22.6 Å². The van der Waals surface area contributed by atoms with Crippen LogP contribution in [0.25, 0.3) is 0 Å². The fourth-order valence-electron chi connectivity index (χ4n) is 3.29. The van der Waals surface area contributed by atoms with Gasteiger partial charge >= 0.3 is 5.97 Å². The zero-order chi connectivity index (χ0) is 19.5. The van der Waals surface area contributed by atoms with Crippen LogP contribution in [0, 0.1) is 11.8 Å². The summed E-state index contributed by atoms with van der Waals surface area (Å²) in [5, 5.41) is 28.7. The summed E-state index contributed by atoms with van der Waals surface area (Å²) < 4.78 is 12.0. The maximum atomic E-state index is 12.1. The first-order valence-electron chi connectivity index (χ1n) is 9.49. The van der Waals surface area contributed by atoms with Gasteiger partial charge in [-0.25, -0.2) is 0 Å². The number of hydrogen-bond donors (Lipinski definition) is 3. The molecule has 0 aromatic carbocycles. The summed E-state index contributed by atoms with van der Waals surface area (Å²) in [6.45, 7) is 2.10. The van der Waals surface area contributed by atoms with Gasteiger partial charge in [0.2, 0.25) is 0 Å². The Labute approximate surface area is 158 Å². The predicted molar refractivity (Wildman–Crippen MR) is 101 cm³/mol. The molecule has 150 valence electrons. The number of aliphatic hydroxyl groups is 2. The summed E-state index contributed by atoms with van der Waals surface area (Å²) in [4.78, 5) is 22.6. The maximum absolute atomic E-state index is 12.1. The van der Waals surface area contributed by atoms with Crippen molar-refractivity contribution in [2.45, 2.75) is 70.5 Å². The van der Waals surface area contributed by atoms with Gasteiger partial charge in [-0.2, -0.15) is 0 Å². The number of ketones is 1. The lowest BCUT2D eigenvalue weighted by Gasteiger charge is -2.18. The van der Waals surface area contributed by atoms with Crippen molar-refractivity contribution in [3.8, 4) is 0 Å². The first-order valence-corrected chi connectivity index (χ1v) is 11.0. The summed E-state index contributed by atoms with van der Waals surface area (Å²) in [5.74, 6) is -1.03. The molecule has 1 fully saturated rings. The van der Waals surface area contributed by atoms with E-state index < -0.39 is 29.0 Å². The zero-order valence-electron chi connectivity index (χ0n) is 15.5. The molecule has 0 saturated heterocycles. The molecule has 0 aromatic rings. The molecule has 7 heteroatoms. The summed E-state index contributed by atoms with van der Waals surface area (Å²) in [5.41, 5.74) is 0. The van der Waals surface area contributed by atoms with Gasteiger partial charge in [0.15, 0.2) is 0 Å². The zero-order valence-corrected chi connectivity index (χ0v) is 16.3. The minimum Gasteiger partial charge on any atom is -0.481 e. The molecular weight excluding hydrogens is 356 g/mol. The van der Waals surface area contributed by atoms with Gasteiger partial charge in [-0.1, -0.05) is 38.3 Å². The average Bonchev–Trinajstić information content (AvgIpc) is 2.84. The minimum atomic E-state index is -1.16. The molecule has 0 aromatic heterocycles. The van der Waals surface area contributed by atoms with Crippen LogP contribution < -0.4 is 0 Å². The van der Waals surface area contributed by atoms with E-state index in [1.54, 1.807) is 12.2 Å². The van der Waals surface area contributed by atoms with Crippen molar-refractivity contribution in [1.82, 2.24) is 0 Å². The van der Waals surface area contributed by atoms with Crippen molar-refractivity contribution < 1.29 is 29.1 Å². The Balaban J connectivity index is 2.49. The fourth-order valence-corrected chi connectivity index (χ4v) is 4.48. The molecule has 5 atom stereocenters. The van der Waals surface area contributed by atoms with Crippen LogP contribution in [0.4, 0.5) is 0 Å². The number of rotatable bonds is 13. The van der Waals surface area contributed by atoms with Crippen LogP contribution in [0.5, 0.6) is 0 Å². The Morgan fingerprint density at radius 1 is 1.31 bits per heavy atom. The van der Waals surface area contributed by atoms with Crippen LogP contribution in [-0.2, 0) is 20.4 Å². The van der Waals surface area contributed by atoms with Crippen molar-refractivity contribution in [2.75, 3.05) is 11.5 Å². The highest BCUT2D eigenvalue weighted by Crippen LogP contribution is 2.33. The Morgan fingerprint density at radius 3 is 2.69 bits per heavy atom. The predicted octanol–water partition coefficient (Wildman–Crippen LogP) is 2.05. The molecule has 0 amide bonds. The largest absolute Gasteiger partial charge is 0.481 e. The topological polar surface area (TPSA) is 112 Å². The molecule has 6 nitrogen and oxygen atoms in total. The molecule has 0 radical (unpaired) electrons. The third kappa shape index (κ3) is 8.56. The van der Waals surface area contributed by atoms with Gasteiger partial charge in [0.25, 0.3) is 0 Å². The van der Waals surface area contributed by atoms with Gasteiger partial charge in [-0.05, 0) is 19.3 Å². The van der Waals surface area contributed by atoms with Crippen LogP contribution in [0.1, 0.15) is 58.3 Å². The van der Waals surface area contributed by atoms with Gasteiger partial charge in [-0.15, -0.1) is 0 Å². The van der Waals surface area contributed by atoms with Crippen molar-refractivity contribution in [1.29, 1.82) is 0 Å². The van der Waals surface area contributed by atoms with E-state index in [1.165, 1.54) is 0 Å². The third-order valence-electron chi connectivity index (χ3n) is 4.81. The Hall–Kier alpha value is -1.05. The van der Waals surface area contributed by atoms with E-state index >= 15 is 0 Å². The molecule has 1 aliphatic carbocycles. The lowest BCUT2D eigenvalue weighted by atomic mass is 9.91. The lowest BCUT2D eigenvalue weighted by Crippen LogP contribution is -2.21. The molecule has 26 heavy (non-hydrogen) atoms. The number of aliphatic carboxylic acids is 1. The second-order valence-corrected chi connectivity index (χ2v) is 8.70. The smallest absolute Gasteiger partial charge is 0.303 e. The molecule has 1 aliphatic rings. The Morgan fingerprint density at radius 2 is 2.04 bits per heavy atom. The van der Waals surface area contributed by atoms with Gasteiger partial charge in [0.05, 0.1) is 12.2 Å². The lowest BCUT2D eigenvalue weighted by molar-refractivity contribution is -0.137. The van der Waals surface area contributed by atoms with E-state index in [1.807, 2.05) is 0 Å². The standard InChI is InChI=1S/C19H32O6S/c1-2-3-4-6-14(20)8-9-15-16(18(22)13-17(15)21)10-12-26(25)11-5-7-19(23)24/h8-9,14-17,20-21H,2-7,10-13H2,1H3,(H,23,24)/b9-8+/t14-,15+,16+,17+,26?/m0/s1. The van der Waals surface area contributed by atoms with E-state index in [4.69, 9.17) is 5.11 Å². The van der Waals surface area contributed by atoms with Gasteiger partial charge in [0.1, 0.15) is 5.78 Å². The van der Waals surface area contributed by atoms with E-state index in [9.17, 15) is 24.0 Å². The van der Waals surface area contributed by atoms with Crippen LogP contribution in [0.2, 0.25) is 0 Å². The highest BCUT2D eigenvalue weighted by Gasteiger charge is 2.39. The van der Waals surface area contributed by atoms with Crippen LogP contribution in [0.15, 0.2) is 12.2 Å². The number of unbranched alkanes of at least 4 members (excludes halogenated alkanes) is 2. The van der Waals surface area contributed by atoms with E-state index in [0.29, 0.717) is 30.8 Å². The molecule has 3 N–H and O–H groups in total. The average molecular weight is 389 g/mol. The molecule has 1 saturated carbocycles. The van der Waals surface area contributed by atoms with Crippen LogP contribution in [-0.4, -0.2) is 55.0 Å². The first-order chi connectivity index (χ1) is 12.3. The molecule has 0 spiro atoms. The van der Waals surface area contributed by atoms with Gasteiger partial charge in [-0.3, -0.25) is 13.8 Å². The second kappa shape index (κ2) is 12.4. The minimum absolute atomic E-state index is 0.00586. The number of carboxylic acids is 1. The number of carbonyl (C=O) groups is 2. The number of hydrogen-bond acceptors (Lipinski definition) is 5. The number of Topliss-reactive ketones (excluding diaryl/α,β-unsaturated/α-hetero) is 1. The molecule has 0 bridgehead atoms. The summed E-state index contributed by atoms with van der Waals surface area (Å²) >= 11 is 0. The molecular formula is C19H32O6S. The van der Waals surface area contributed by atoms with Crippen molar-refractivity contribution in [3.05, 3.63) is 12.2 Å². The Bertz CT molecular complexity index is 504. The molecule has 1 rings (SSSR count). The summed E-state index contributed by atoms with van der Waals surface area (Å²) in [6, 6.07) is 0. The summed E-state index contributed by atoms with van der Waals surface area (Å²) in [6.07, 6.45) is 6.68.